The summed E-state index contributed by atoms with van der Waals surface area (Å²) >= 11 is 8.38. The molecule has 0 unspecified atom stereocenters. The van der Waals surface area contributed by atoms with E-state index in [0.717, 1.165) is 0 Å². The number of thiophene rings is 2. The van der Waals surface area contributed by atoms with E-state index in [-0.39, 0.29) is 30.4 Å². The van der Waals surface area contributed by atoms with Crippen molar-refractivity contribution in [3.8, 4) is 0 Å². The van der Waals surface area contributed by atoms with Gasteiger partial charge in [-0.1, -0.05) is 17.7 Å². The SMILES string of the molecule is O=C(CCC(=O)c1ccc(Cl)s1)Nc1ccc(NC(=O)c2cccs2)cc1. The maximum atomic E-state index is 12.0. The van der Waals surface area contributed by atoms with Crippen LogP contribution in [0.15, 0.2) is 53.9 Å². The predicted octanol–water partition coefficient (Wildman–Crippen LogP) is 5.32. The largest absolute Gasteiger partial charge is 0.326 e. The van der Waals surface area contributed by atoms with E-state index in [1.54, 1.807) is 42.5 Å². The molecule has 2 amide bonds. The third-order valence-electron chi connectivity index (χ3n) is 3.60. The van der Waals surface area contributed by atoms with Crippen LogP contribution in [-0.2, 0) is 4.79 Å². The molecule has 138 valence electrons. The van der Waals surface area contributed by atoms with E-state index >= 15 is 0 Å². The summed E-state index contributed by atoms with van der Waals surface area (Å²) in [4.78, 5) is 37.2. The molecule has 2 N–H and O–H groups in total. The number of ketones is 1. The fourth-order valence-electron chi connectivity index (χ4n) is 2.28. The zero-order valence-electron chi connectivity index (χ0n) is 14.0. The maximum Gasteiger partial charge on any atom is 0.265 e. The number of carbonyl (C=O) groups is 3. The molecule has 0 saturated heterocycles. The third-order valence-corrected chi connectivity index (χ3v) is 5.74. The number of amides is 2. The molecule has 0 radical (unpaired) electrons. The van der Waals surface area contributed by atoms with Gasteiger partial charge >= 0.3 is 0 Å². The minimum atomic E-state index is -0.249. The molecule has 1 aromatic carbocycles. The molecule has 0 saturated carbocycles. The fourth-order valence-corrected chi connectivity index (χ4v) is 3.90. The van der Waals surface area contributed by atoms with Gasteiger partial charge in [-0.2, -0.15) is 0 Å². The first-order chi connectivity index (χ1) is 13.0. The molecule has 0 fully saturated rings. The number of benzene rings is 1. The van der Waals surface area contributed by atoms with Crippen LogP contribution in [0.3, 0.4) is 0 Å². The van der Waals surface area contributed by atoms with Crippen molar-refractivity contribution in [2.45, 2.75) is 12.8 Å². The standard InChI is InChI=1S/C19H15ClN2O3S2/c20-17-9-8-15(27-17)14(23)7-10-18(24)21-12-3-5-13(6-4-12)22-19(25)16-2-1-11-26-16/h1-6,8-9,11H,7,10H2,(H,21,24)(H,22,25). The Bertz CT molecular complexity index is 950. The van der Waals surface area contributed by atoms with Crippen LogP contribution in [0.5, 0.6) is 0 Å². The van der Waals surface area contributed by atoms with E-state index in [1.807, 2.05) is 11.4 Å². The predicted molar refractivity (Wildman–Crippen MR) is 110 cm³/mol. The van der Waals surface area contributed by atoms with Crippen molar-refractivity contribution in [3.63, 3.8) is 0 Å². The lowest BCUT2D eigenvalue weighted by Crippen LogP contribution is -2.13. The molecule has 2 aromatic heterocycles. The molecule has 0 aliphatic heterocycles. The van der Waals surface area contributed by atoms with Crippen molar-refractivity contribution in [3.05, 3.63) is 68.0 Å². The summed E-state index contributed by atoms with van der Waals surface area (Å²) in [6.45, 7) is 0. The summed E-state index contributed by atoms with van der Waals surface area (Å²) in [5, 5.41) is 7.37. The first kappa shape index (κ1) is 19.3. The molecule has 0 aliphatic carbocycles. The smallest absolute Gasteiger partial charge is 0.265 e. The van der Waals surface area contributed by atoms with Gasteiger partial charge in [0.2, 0.25) is 5.91 Å². The first-order valence-electron chi connectivity index (χ1n) is 8.04. The summed E-state index contributed by atoms with van der Waals surface area (Å²) in [6, 6.07) is 13.7. The van der Waals surface area contributed by atoms with Crippen molar-refractivity contribution >= 4 is 63.2 Å². The Hall–Kier alpha value is -2.48. The highest BCUT2D eigenvalue weighted by molar-refractivity contribution is 7.18. The highest BCUT2D eigenvalue weighted by Crippen LogP contribution is 2.23. The molecule has 5 nitrogen and oxygen atoms in total. The van der Waals surface area contributed by atoms with Crippen LogP contribution in [0.4, 0.5) is 11.4 Å². The summed E-state index contributed by atoms with van der Waals surface area (Å²) in [5.74, 6) is -0.524. The van der Waals surface area contributed by atoms with Gasteiger partial charge in [0.15, 0.2) is 5.78 Å². The van der Waals surface area contributed by atoms with Crippen molar-refractivity contribution in [2.75, 3.05) is 10.6 Å². The Kier molecular flexibility index (Phi) is 6.39. The molecule has 0 spiro atoms. The Labute approximate surface area is 169 Å². The molecule has 0 bridgehead atoms. The molecule has 8 heteroatoms. The van der Waals surface area contributed by atoms with Gasteiger partial charge in [-0.3, -0.25) is 14.4 Å². The number of Topliss-reactive ketones (excluding diaryl/α,β-unsaturated/α-hetero) is 1. The second kappa shape index (κ2) is 8.94. The van der Waals surface area contributed by atoms with E-state index < -0.39 is 0 Å². The third kappa shape index (κ3) is 5.50. The lowest BCUT2D eigenvalue weighted by molar-refractivity contribution is -0.116. The minimum absolute atomic E-state index is 0.0885. The van der Waals surface area contributed by atoms with E-state index in [9.17, 15) is 14.4 Å². The van der Waals surface area contributed by atoms with Crippen LogP contribution in [0, 0.1) is 0 Å². The summed E-state index contributed by atoms with van der Waals surface area (Å²) in [6.07, 6.45) is 0.211. The van der Waals surface area contributed by atoms with Gasteiger partial charge in [0.25, 0.3) is 5.91 Å². The Morgan fingerprint density at radius 1 is 0.852 bits per heavy atom. The second-order valence-corrected chi connectivity index (χ2v) is 8.25. The van der Waals surface area contributed by atoms with Gasteiger partial charge in [-0.05, 0) is 47.8 Å². The van der Waals surface area contributed by atoms with Crippen LogP contribution in [-0.4, -0.2) is 17.6 Å². The van der Waals surface area contributed by atoms with E-state index in [1.165, 1.54) is 22.7 Å². The molecule has 3 rings (SSSR count). The number of hydrogen-bond acceptors (Lipinski definition) is 5. The number of hydrogen-bond donors (Lipinski definition) is 2. The van der Waals surface area contributed by atoms with Crippen LogP contribution in [0.2, 0.25) is 4.34 Å². The average molecular weight is 419 g/mol. The van der Waals surface area contributed by atoms with Crippen molar-refractivity contribution < 1.29 is 14.4 Å². The van der Waals surface area contributed by atoms with Crippen molar-refractivity contribution in [1.29, 1.82) is 0 Å². The number of anilines is 2. The van der Waals surface area contributed by atoms with Gasteiger partial charge in [-0.25, -0.2) is 0 Å². The fraction of sp³-hybridized carbons (Fsp3) is 0.105. The van der Waals surface area contributed by atoms with Gasteiger partial charge in [-0.15, -0.1) is 22.7 Å². The number of carbonyl (C=O) groups excluding carboxylic acids is 3. The lowest BCUT2D eigenvalue weighted by Gasteiger charge is -2.07. The molecule has 27 heavy (non-hydrogen) atoms. The summed E-state index contributed by atoms with van der Waals surface area (Å²) < 4.78 is 0.550. The van der Waals surface area contributed by atoms with Gasteiger partial charge < -0.3 is 10.6 Å². The topological polar surface area (TPSA) is 75.3 Å². The molecule has 2 heterocycles. The molecular weight excluding hydrogens is 404 g/mol. The maximum absolute atomic E-state index is 12.0. The molecular formula is C19H15ClN2O3S2. The van der Waals surface area contributed by atoms with E-state index in [4.69, 9.17) is 11.6 Å². The zero-order chi connectivity index (χ0) is 19.2. The van der Waals surface area contributed by atoms with Gasteiger partial charge in [0.05, 0.1) is 14.1 Å². The highest BCUT2D eigenvalue weighted by Gasteiger charge is 2.12. The minimum Gasteiger partial charge on any atom is -0.326 e. The van der Waals surface area contributed by atoms with E-state index in [0.29, 0.717) is 25.5 Å². The van der Waals surface area contributed by atoms with Crippen LogP contribution in [0.1, 0.15) is 32.2 Å². The van der Waals surface area contributed by atoms with Crippen LogP contribution in [0.25, 0.3) is 0 Å². The summed E-state index contributed by atoms with van der Waals surface area (Å²) in [7, 11) is 0. The first-order valence-corrected chi connectivity index (χ1v) is 10.1. The number of rotatable bonds is 7. The normalized spacial score (nSPS) is 10.4. The number of nitrogens with one attached hydrogen (secondary N) is 2. The van der Waals surface area contributed by atoms with Gasteiger partial charge in [0.1, 0.15) is 0 Å². The quantitative estimate of drug-likeness (QED) is 0.510. The van der Waals surface area contributed by atoms with Crippen LogP contribution >= 0.6 is 34.3 Å². The monoisotopic (exact) mass is 418 g/mol. The summed E-state index contributed by atoms with van der Waals surface area (Å²) in [5.41, 5.74) is 1.23. The average Bonchev–Trinajstić information content (AvgIpc) is 3.33. The van der Waals surface area contributed by atoms with Crippen molar-refractivity contribution in [1.82, 2.24) is 0 Å². The zero-order valence-corrected chi connectivity index (χ0v) is 16.4. The van der Waals surface area contributed by atoms with Gasteiger partial charge in [0, 0.05) is 24.2 Å². The molecule has 0 aliphatic rings. The molecule has 3 aromatic rings. The second-order valence-electron chi connectivity index (χ2n) is 5.58. The van der Waals surface area contributed by atoms with Crippen molar-refractivity contribution in [2.24, 2.45) is 0 Å². The number of halogens is 1. The Morgan fingerprint density at radius 3 is 2.15 bits per heavy atom. The highest BCUT2D eigenvalue weighted by atomic mass is 35.5. The van der Waals surface area contributed by atoms with Crippen LogP contribution < -0.4 is 10.6 Å². The Morgan fingerprint density at radius 2 is 1.56 bits per heavy atom. The Balaban J connectivity index is 1.48. The van der Waals surface area contributed by atoms with E-state index in [2.05, 4.69) is 10.6 Å². The lowest BCUT2D eigenvalue weighted by atomic mass is 10.2. The molecule has 0 atom stereocenters.